The number of nitrogens with one attached hydrogen (secondary N) is 1. The molecule has 0 saturated carbocycles. The fourth-order valence-corrected chi connectivity index (χ4v) is 2.07. The third-order valence-corrected chi connectivity index (χ3v) is 3.14. The van der Waals surface area contributed by atoms with E-state index < -0.39 is 12.0 Å². The standard InChI is InChI=1S/C17H25NO4/c1-5-8-22-15-7-6-13(10-16(15)21-4)11-18-14(17(19)20)9-12(2)3/h5-7,10,12,14,18H,1,8-9,11H2,2-4H3,(H,19,20). The smallest absolute Gasteiger partial charge is 0.320 e. The lowest BCUT2D eigenvalue weighted by Crippen LogP contribution is -2.37. The van der Waals surface area contributed by atoms with Crippen LogP contribution >= 0.6 is 0 Å². The van der Waals surface area contributed by atoms with Crippen molar-refractivity contribution in [1.29, 1.82) is 0 Å². The predicted molar refractivity (Wildman–Crippen MR) is 86.4 cm³/mol. The highest BCUT2D eigenvalue weighted by Crippen LogP contribution is 2.28. The van der Waals surface area contributed by atoms with Crippen molar-refractivity contribution >= 4 is 5.97 Å². The van der Waals surface area contributed by atoms with Crippen LogP contribution in [0.2, 0.25) is 0 Å². The average Bonchev–Trinajstić information content (AvgIpc) is 2.49. The van der Waals surface area contributed by atoms with E-state index in [-0.39, 0.29) is 0 Å². The average molecular weight is 307 g/mol. The van der Waals surface area contributed by atoms with Crippen molar-refractivity contribution in [2.45, 2.75) is 32.9 Å². The predicted octanol–water partition coefficient (Wildman–Crippen LogP) is 2.85. The molecule has 0 amide bonds. The maximum atomic E-state index is 11.2. The number of carboxylic acid groups (broad SMARTS) is 1. The van der Waals surface area contributed by atoms with Crippen LogP contribution in [0, 0.1) is 5.92 Å². The van der Waals surface area contributed by atoms with Gasteiger partial charge >= 0.3 is 5.97 Å². The van der Waals surface area contributed by atoms with Crippen LogP contribution in [0.25, 0.3) is 0 Å². The van der Waals surface area contributed by atoms with Crippen LogP contribution in [0.4, 0.5) is 0 Å². The van der Waals surface area contributed by atoms with E-state index in [1.807, 2.05) is 32.0 Å². The SMILES string of the molecule is C=CCOc1ccc(CNC(CC(C)C)C(=O)O)cc1OC. The molecule has 22 heavy (non-hydrogen) atoms. The Morgan fingerprint density at radius 1 is 1.41 bits per heavy atom. The normalized spacial score (nSPS) is 12.0. The minimum Gasteiger partial charge on any atom is -0.493 e. The second-order valence-electron chi connectivity index (χ2n) is 5.49. The van der Waals surface area contributed by atoms with Crippen LogP contribution in [0.3, 0.4) is 0 Å². The number of hydrogen-bond acceptors (Lipinski definition) is 4. The lowest BCUT2D eigenvalue weighted by molar-refractivity contribution is -0.140. The zero-order chi connectivity index (χ0) is 16.5. The Hall–Kier alpha value is -2.01. The lowest BCUT2D eigenvalue weighted by Gasteiger charge is -2.17. The molecule has 122 valence electrons. The first-order valence-corrected chi connectivity index (χ1v) is 7.34. The quantitative estimate of drug-likeness (QED) is 0.651. The van der Waals surface area contributed by atoms with Gasteiger partial charge in [-0.05, 0) is 30.0 Å². The Bertz CT molecular complexity index is 499. The van der Waals surface area contributed by atoms with Gasteiger partial charge in [-0.3, -0.25) is 4.79 Å². The number of benzene rings is 1. The van der Waals surface area contributed by atoms with E-state index in [4.69, 9.17) is 9.47 Å². The van der Waals surface area contributed by atoms with E-state index in [2.05, 4.69) is 11.9 Å². The Balaban J connectivity index is 2.72. The molecular formula is C17H25NO4. The van der Waals surface area contributed by atoms with Gasteiger partial charge in [-0.2, -0.15) is 0 Å². The highest BCUT2D eigenvalue weighted by Gasteiger charge is 2.18. The van der Waals surface area contributed by atoms with Crippen molar-refractivity contribution in [3.05, 3.63) is 36.4 Å². The van der Waals surface area contributed by atoms with Crippen LogP contribution in [0.15, 0.2) is 30.9 Å². The Morgan fingerprint density at radius 3 is 2.68 bits per heavy atom. The molecule has 1 aromatic carbocycles. The Kier molecular flexibility index (Phi) is 7.46. The highest BCUT2D eigenvalue weighted by molar-refractivity contribution is 5.73. The fraction of sp³-hybridized carbons (Fsp3) is 0.471. The number of carbonyl (C=O) groups is 1. The summed E-state index contributed by atoms with van der Waals surface area (Å²) in [4.78, 5) is 11.2. The summed E-state index contributed by atoms with van der Waals surface area (Å²) in [6.07, 6.45) is 2.26. The molecule has 1 rings (SSSR count). The van der Waals surface area contributed by atoms with Crippen LogP contribution in [-0.4, -0.2) is 30.8 Å². The summed E-state index contributed by atoms with van der Waals surface area (Å²) in [5.74, 6) is 0.754. The van der Waals surface area contributed by atoms with E-state index in [0.717, 1.165) is 5.56 Å². The summed E-state index contributed by atoms with van der Waals surface area (Å²) in [5, 5.41) is 12.3. The van der Waals surface area contributed by atoms with Gasteiger partial charge in [-0.15, -0.1) is 0 Å². The van der Waals surface area contributed by atoms with Crippen molar-refractivity contribution in [2.24, 2.45) is 5.92 Å². The maximum Gasteiger partial charge on any atom is 0.320 e. The molecule has 0 aliphatic heterocycles. The van der Waals surface area contributed by atoms with Gasteiger partial charge in [0.1, 0.15) is 12.6 Å². The molecule has 2 N–H and O–H groups in total. The van der Waals surface area contributed by atoms with Crippen molar-refractivity contribution in [2.75, 3.05) is 13.7 Å². The largest absolute Gasteiger partial charge is 0.493 e. The van der Waals surface area contributed by atoms with Gasteiger partial charge in [-0.25, -0.2) is 0 Å². The van der Waals surface area contributed by atoms with E-state index in [9.17, 15) is 9.90 Å². The first kappa shape index (κ1) is 18.0. The molecule has 0 saturated heterocycles. The summed E-state index contributed by atoms with van der Waals surface area (Å²) in [6, 6.07) is 5.00. The zero-order valence-corrected chi connectivity index (χ0v) is 13.5. The van der Waals surface area contributed by atoms with Crippen LogP contribution in [-0.2, 0) is 11.3 Å². The summed E-state index contributed by atoms with van der Waals surface area (Å²) in [7, 11) is 1.58. The molecule has 1 atom stereocenters. The third kappa shape index (κ3) is 5.77. The topological polar surface area (TPSA) is 67.8 Å². The van der Waals surface area contributed by atoms with Gasteiger partial charge in [0, 0.05) is 6.54 Å². The molecule has 0 heterocycles. The zero-order valence-electron chi connectivity index (χ0n) is 13.5. The molecule has 0 aromatic heterocycles. The molecule has 0 radical (unpaired) electrons. The van der Waals surface area contributed by atoms with E-state index in [1.165, 1.54) is 0 Å². The van der Waals surface area contributed by atoms with Gasteiger partial charge in [-0.1, -0.05) is 32.6 Å². The van der Waals surface area contributed by atoms with Crippen LogP contribution in [0.1, 0.15) is 25.8 Å². The Labute approximate surface area is 131 Å². The van der Waals surface area contributed by atoms with Gasteiger partial charge in [0.15, 0.2) is 11.5 Å². The third-order valence-electron chi connectivity index (χ3n) is 3.14. The number of ether oxygens (including phenoxy) is 2. The van der Waals surface area contributed by atoms with E-state index in [0.29, 0.717) is 37.0 Å². The molecule has 0 aliphatic rings. The van der Waals surface area contributed by atoms with Gasteiger partial charge < -0.3 is 19.9 Å². The molecule has 5 nitrogen and oxygen atoms in total. The Morgan fingerprint density at radius 2 is 2.14 bits per heavy atom. The van der Waals surface area contributed by atoms with Crippen molar-refractivity contribution in [3.63, 3.8) is 0 Å². The number of methoxy groups -OCH3 is 1. The first-order chi connectivity index (χ1) is 10.5. The van der Waals surface area contributed by atoms with Crippen molar-refractivity contribution in [3.8, 4) is 11.5 Å². The minimum atomic E-state index is -0.827. The number of rotatable bonds is 10. The van der Waals surface area contributed by atoms with E-state index >= 15 is 0 Å². The first-order valence-electron chi connectivity index (χ1n) is 7.34. The van der Waals surface area contributed by atoms with Crippen LogP contribution < -0.4 is 14.8 Å². The molecule has 0 fully saturated rings. The molecule has 1 unspecified atom stereocenters. The van der Waals surface area contributed by atoms with Gasteiger partial charge in [0.25, 0.3) is 0 Å². The summed E-state index contributed by atoms with van der Waals surface area (Å²) in [5.41, 5.74) is 0.942. The highest BCUT2D eigenvalue weighted by atomic mass is 16.5. The monoisotopic (exact) mass is 307 g/mol. The van der Waals surface area contributed by atoms with Gasteiger partial charge in [0.2, 0.25) is 0 Å². The molecule has 1 aromatic rings. The lowest BCUT2D eigenvalue weighted by atomic mass is 10.0. The van der Waals surface area contributed by atoms with Crippen molar-refractivity contribution in [1.82, 2.24) is 5.32 Å². The summed E-state index contributed by atoms with van der Waals surface area (Å²) in [6.45, 7) is 8.49. The molecule has 5 heteroatoms. The molecule has 0 bridgehead atoms. The number of aliphatic carboxylic acids is 1. The summed E-state index contributed by atoms with van der Waals surface area (Å²) >= 11 is 0. The second kappa shape index (κ2) is 9.10. The number of carboxylic acids is 1. The molecule has 0 spiro atoms. The van der Waals surface area contributed by atoms with E-state index in [1.54, 1.807) is 13.2 Å². The maximum absolute atomic E-state index is 11.2. The molecular weight excluding hydrogens is 282 g/mol. The number of hydrogen-bond donors (Lipinski definition) is 2. The molecule has 0 aliphatic carbocycles. The fourth-order valence-electron chi connectivity index (χ4n) is 2.07. The summed E-state index contributed by atoms with van der Waals surface area (Å²) < 4.78 is 10.8. The van der Waals surface area contributed by atoms with Crippen molar-refractivity contribution < 1.29 is 19.4 Å². The van der Waals surface area contributed by atoms with Crippen LogP contribution in [0.5, 0.6) is 11.5 Å². The second-order valence-corrected chi connectivity index (χ2v) is 5.49. The van der Waals surface area contributed by atoms with Gasteiger partial charge in [0.05, 0.1) is 7.11 Å². The minimum absolute atomic E-state index is 0.317.